The number of fused-ring (bicyclic) bond motifs is 1. The molecule has 1 amide bonds. The highest BCUT2D eigenvalue weighted by molar-refractivity contribution is 7.18. The van der Waals surface area contributed by atoms with Gasteiger partial charge >= 0.3 is 5.97 Å². The topological polar surface area (TPSA) is 79.3 Å². The van der Waals surface area contributed by atoms with Gasteiger partial charge in [0.1, 0.15) is 5.01 Å². The number of aliphatic carboxylic acids is 1. The molecule has 2 unspecified atom stereocenters. The number of benzene rings is 1. The summed E-state index contributed by atoms with van der Waals surface area (Å²) < 4.78 is 1.08. The number of amides is 1. The van der Waals surface area contributed by atoms with Crippen LogP contribution in [0.15, 0.2) is 24.3 Å². The lowest BCUT2D eigenvalue weighted by atomic mass is 10.3. The minimum Gasteiger partial charge on any atom is -0.481 e. The van der Waals surface area contributed by atoms with Crippen LogP contribution >= 0.6 is 11.3 Å². The monoisotopic (exact) mass is 276 g/mol. The third-order valence-corrected chi connectivity index (χ3v) is 4.23. The molecular formula is C13H12N2O3S. The van der Waals surface area contributed by atoms with Crippen molar-refractivity contribution < 1.29 is 14.7 Å². The molecule has 1 saturated carbocycles. The van der Waals surface area contributed by atoms with Crippen LogP contribution in [0.1, 0.15) is 11.4 Å². The number of carbonyl (C=O) groups excluding carboxylic acids is 1. The van der Waals surface area contributed by atoms with Gasteiger partial charge in [-0.2, -0.15) is 0 Å². The Kier molecular flexibility index (Phi) is 2.94. The van der Waals surface area contributed by atoms with E-state index in [2.05, 4.69) is 10.3 Å². The number of thiazole rings is 1. The van der Waals surface area contributed by atoms with Crippen molar-refractivity contribution in [2.45, 2.75) is 13.0 Å². The molecule has 1 aromatic heterocycles. The van der Waals surface area contributed by atoms with Gasteiger partial charge in [0, 0.05) is 0 Å². The lowest BCUT2D eigenvalue weighted by Crippen LogP contribution is -2.25. The van der Waals surface area contributed by atoms with Gasteiger partial charge in [-0.3, -0.25) is 9.59 Å². The number of hydrogen-bond acceptors (Lipinski definition) is 4. The van der Waals surface area contributed by atoms with Crippen LogP contribution in [0.5, 0.6) is 0 Å². The summed E-state index contributed by atoms with van der Waals surface area (Å²) in [5.74, 6) is -1.95. The maximum Gasteiger partial charge on any atom is 0.307 e. The first kappa shape index (κ1) is 12.1. The number of carboxylic acid groups (broad SMARTS) is 1. The standard InChI is InChI=1S/C13H12N2O3S/c16-12(7-5-8(7)13(17)18)14-6-11-15-9-3-1-2-4-10(9)19-11/h1-4,7-8H,5-6H2,(H,14,16)(H,17,18). The van der Waals surface area contributed by atoms with Crippen molar-refractivity contribution in [1.82, 2.24) is 10.3 Å². The number of nitrogens with zero attached hydrogens (tertiary/aromatic N) is 1. The van der Waals surface area contributed by atoms with Gasteiger partial charge in [0.25, 0.3) is 0 Å². The molecule has 1 aliphatic carbocycles. The van der Waals surface area contributed by atoms with Crippen molar-refractivity contribution in [1.29, 1.82) is 0 Å². The van der Waals surface area contributed by atoms with Gasteiger partial charge < -0.3 is 10.4 Å². The molecule has 0 spiro atoms. The van der Waals surface area contributed by atoms with Crippen LogP contribution < -0.4 is 5.32 Å². The van der Waals surface area contributed by atoms with Crippen LogP contribution in [0.4, 0.5) is 0 Å². The number of carboxylic acids is 1. The highest BCUT2D eigenvalue weighted by atomic mass is 32.1. The van der Waals surface area contributed by atoms with Crippen LogP contribution in [-0.2, 0) is 16.1 Å². The predicted octanol–water partition coefficient (Wildman–Crippen LogP) is 1.63. The van der Waals surface area contributed by atoms with E-state index in [0.717, 1.165) is 15.2 Å². The van der Waals surface area contributed by atoms with Gasteiger partial charge in [-0.15, -0.1) is 11.3 Å². The first-order chi connectivity index (χ1) is 9.15. The Morgan fingerprint density at radius 3 is 2.84 bits per heavy atom. The molecule has 2 aromatic rings. The summed E-state index contributed by atoms with van der Waals surface area (Å²) in [4.78, 5) is 26.8. The van der Waals surface area contributed by atoms with Crippen LogP contribution in [0.25, 0.3) is 10.2 Å². The minimum absolute atomic E-state index is 0.188. The maximum atomic E-state index is 11.7. The number of nitrogens with one attached hydrogen (secondary N) is 1. The highest BCUT2D eigenvalue weighted by Gasteiger charge is 2.48. The Bertz CT molecular complexity index is 619. The minimum atomic E-state index is -0.889. The number of rotatable bonds is 4. The van der Waals surface area contributed by atoms with Gasteiger partial charge in [-0.05, 0) is 18.6 Å². The van der Waals surface area contributed by atoms with E-state index in [1.165, 1.54) is 11.3 Å². The van der Waals surface area contributed by atoms with E-state index < -0.39 is 11.9 Å². The summed E-state index contributed by atoms with van der Waals surface area (Å²) in [6.45, 7) is 0.362. The highest BCUT2D eigenvalue weighted by Crippen LogP contribution is 2.38. The molecule has 1 aromatic carbocycles. The smallest absolute Gasteiger partial charge is 0.307 e. The molecule has 6 heteroatoms. The van der Waals surface area contributed by atoms with Gasteiger partial charge in [0.2, 0.25) is 5.91 Å². The van der Waals surface area contributed by atoms with Crippen molar-refractivity contribution in [3.8, 4) is 0 Å². The first-order valence-electron chi connectivity index (χ1n) is 6.00. The molecule has 2 atom stereocenters. The molecule has 0 radical (unpaired) electrons. The van der Waals surface area contributed by atoms with Crippen molar-refractivity contribution in [3.63, 3.8) is 0 Å². The van der Waals surface area contributed by atoms with Crippen molar-refractivity contribution in [2.75, 3.05) is 0 Å². The van der Waals surface area contributed by atoms with E-state index in [-0.39, 0.29) is 11.8 Å². The molecule has 0 bridgehead atoms. The maximum absolute atomic E-state index is 11.7. The number of hydrogen-bond donors (Lipinski definition) is 2. The molecule has 3 rings (SSSR count). The number of carbonyl (C=O) groups is 2. The Morgan fingerprint density at radius 1 is 1.37 bits per heavy atom. The summed E-state index contributed by atoms with van der Waals surface area (Å²) in [5.41, 5.74) is 0.923. The fourth-order valence-corrected chi connectivity index (χ4v) is 2.95. The zero-order chi connectivity index (χ0) is 13.4. The molecule has 2 N–H and O–H groups in total. The third kappa shape index (κ3) is 2.44. The normalized spacial score (nSPS) is 21.3. The molecule has 19 heavy (non-hydrogen) atoms. The van der Waals surface area contributed by atoms with Crippen LogP contribution in [0, 0.1) is 11.8 Å². The molecule has 98 valence electrons. The van der Waals surface area contributed by atoms with Crippen molar-refractivity contribution >= 4 is 33.4 Å². The average molecular weight is 276 g/mol. The van der Waals surface area contributed by atoms with Gasteiger partial charge in [0.15, 0.2) is 0 Å². The second-order valence-electron chi connectivity index (χ2n) is 4.58. The zero-order valence-electron chi connectivity index (χ0n) is 10.00. The lowest BCUT2D eigenvalue weighted by Gasteiger charge is -2.00. The summed E-state index contributed by atoms with van der Waals surface area (Å²) in [6.07, 6.45) is 0.445. The van der Waals surface area contributed by atoms with Crippen LogP contribution in [-0.4, -0.2) is 22.0 Å². The lowest BCUT2D eigenvalue weighted by molar-refractivity contribution is -0.140. The second-order valence-corrected chi connectivity index (χ2v) is 5.70. The van der Waals surface area contributed by atoms with Crippen molar-refractivity contribution in [2.24, 2.45) is 11.8 Å². The van der Waals surface area contributed by atoms with Gasteiger partial charge in [0.05, 0.1) is 28.6 Å². The number of aromatic nitrogens is 1. The summed E-state index contributed by atoms with van der Waals surface area (Å²) >= 11 is 1.54. The first-order valence-corrected chi connectivity index (χ1v) is 6.82. The third-order valence-electron chi connectivity index (χ3n) is 3.20. The van der Waals surface area contributed by atoms with Crippen molar-refractivity contribution in [3.05, 3.63) is 29.3 Å². The van der Waals surface area contributed by atoms with Gasteiger partial charge in [-0.1, -0.05) is 12.1 Å². The zero-order valence-corrected chi connectivity index (χ0v) is 10.8. The molecule has 0 saturated heterocycles. The Hall–Kier alpha value is -1.95. The fraction of sp³-hybridized carbons (Fsp3) is 0.308. The quantitative estimate of drug-likeness (QED) is 0.889. The number of para-hydroxylation sites is 1. The summed E-state index contributed by atoms with van der Waals surface area (Å²) in [6, 6.07) is 7.79. The summed E-state index contributed by atoms with van der Waals surface area (Å²) in [7, 11) is 0. The largest absolute Gasteiger partial charge is 0.481 e. The Balaban J connectivity index is 1.60. The van der Waals surface area contributed by atoms with Crippen LogP contribution in [0.3, 0.4) is 0 Å². The predicted molar refractivity (Wildman–Crippen MR) is 70.7 cm³/mol. The van der Waals surface area contributed by atoms with Gasteiger partial charge in [-0.25, -0.2) is 4.98 Å². The summed E-state index contributed by atoms with van der Waals surface area (Å²) in [5, 5.41) is 12.4. The van der Waals surface area contributed by atoms with E-state index in [0.29, 0.717) is 13.0 Å². The molecular weight excluding hydrogens is 264 g/mol. The average Bonchev–Trinajstić information content (AvgIpc) is 3.09. The molecule has 1 heterocycles. The molecule has 5 nitrogen and oxygen atoms in total. The fourth-order valence-electron chi connectivity index (χ4n) is 2.05. The van der Waals surface area contributed by atoms with Crippen LogP contribution in [0.2, 0.25) is 0 Å². The van der Waals surface area contributed by atoms with E-state index in [1.807, 2.05) is 24.3 Å². The van der Waals surface area contributed by atoms with E-state index >= 15 is 0 Å². The SMILES string of the molecule is O=C(O)C1CC1C(=O)NCc1nc2ccccc2s1. The molecule has 1 fully saturated rings. The second kappa shape index (κ2) is 4.62. The van der Waals surface area contributed by atoms with E-state index in [9.17, 15) is 9.59 Å². The molecule has 1 aliphatic rings. The van der Waals surface area contributed by atoms with E-state index in [1.54, 1.807) is 0 Å². The Labute approximate surface area is 113 Å². The molecule has 0 aliphatic heterocycles. The Morgan fingerprint density at radius 2 is 2.16 bits per heavy atom. The van der Waals surface area contributed by atoms with E-state index in [4.69, 9.17) is 5.11 Å².